The highest BCUT2D eigenvalue weighted by molar-refractivity contribution is 5.73. The van der Waals surface area contributed by atoms with E-state index < -0.39 is 0 Å². The van der Waals surface area contributed by atoms with Crippen molar-refractivity contribution in [1.29, 1.82) is 0 Å². The van der Waals surface area contributed by atoms with Gasteiger partial charge in [0, 0.05) is 24.2 Å². The topological polar surface area (TPSA) is 24.9 Å². The Labute approximate surface area is 185 Å². The number of aryl methyl sites for hydroxylation is 1. The van der Waals surface area contributed by atoms with Crippen molar-refractivity contribution >= 4 is 0 Å². The molecule has 4 nitrogen and oxygen atoms in total. The summed E-state index contributed by atoms with van der Waals surface area (Å²) in [5.41, 5.74) is 8.71. The highest BCUT2D eigenvalue weighted by Gasteiger charge is 2.19. The van der Waals surface area contributed by atoms with Gasteiger partial charge in [0.25, 0.3) is 0 Å². The Balaban J connectivity index is 1.42. The molecule has 0 fully saturated rings. The Morgan fingerprint density at radius 2 is 1.26 bits per heavy atom. The molecule has 0 bridgehead atoms. The number of hydrogen-bond donors (Lipinski definition) is 0. The standard InChI is InChI=1S/C27H30N2O2/c1-4-28-15-24-13-22(10-11-26(24)30-17-28)20-6-8-21(9-7-20)23-12-19(3)27-25(14-23)16-29(5-2)18-31-27/h6-14H,4-5,15-18H2,1-3H3. The SMILES string of the molecule is CCN1COc2ccc(-c3ccc(-c4cc(C)c5c(c4)CN(CC)CO5)cc3)cc2C1. The monoisotopic (exact) mass is 414 g/mol. The first-order valence-electron chi connectivity index (χ1n) is 11.2. The van der Waals surface area contributed by atoms with Crippen molar-refractivity contribution in [3.05, 3.63) is 71.3 Å². The van der Waals surface area contributed by atoms with Gasteiger partial charge in [-0.1, -0.05) is 44.2 Å². The van der Waals surface area contributed by atoms with Gasteiger partial charge in [0.2, 0.25) is 0 Å². The van der Waals surface area contributed by atoms with Crippen molar-refractivity contribution in [3.63, 3.8) is 0 Å². The van der Waals surface area contributed by atoms with Crippen molar-refractivity contribution in [2.75, 3.05) is 26.6 Å². The molecule has 0 aromatic heterocycles. The van der Waals surface area contributed by atoms with Crippen LogP contribution in [0.3, 0.4) is 0 Å². The first-order chi connectivity index (χ1) is 15.1. The molecule has 0 unspecified atom stereocenters. The fourth-order valence-corrected chi connectivity index (χ4v) is 4.51. The van der Waals surface area contributed by atoms with E-state index in [1.54, 1.807) is 0 Å². The zero-order valence-electron chi connectivity index (χ0n) is 18.6. The predicted octanol–water partition coefficient (Wildman–Crippen LogP) is 5.67. The van der Waals surface area contributed by atoms with E-state index in [-0.39, 0.29) is 0 Å². The molecule has 2 aliphatic heterocycles. The second-order valence-corrected chi connectivity index (χ2v) is 8.52. The number of hydrogen-bond acceptors (Lipinski definition) is 4. The smallest absolute Gasteiger partial charge is 0.142 e. The summed E-state index contributed by atoms with van der Waals surface area (Å²) >= 11 is 0. The minimum Gasteiger partial charge on any atom is -0.478 e. The maximum atomic E-state index is 6.00. The van der Waals surface area contributed by atoms with Crippen LogP contribution in [0.4, 0.5) is 0 Å². The molecule has 0 saturated carbocycles. The normalized spacial score (nSPS) is 16.2. The molecule has 0 radical (unpaired) electrons. The maximum Gasteiger partial charge on any atom is 0.142 e. The van der Waals surface area contributed by atoms with Crippen LogP contribution in [0.5, 0.6) is 11.5 Å². The Bertz CT molecular complexity index is 1090. The number of nitrogens with zero attached hydrogens (tertiary/aromatic N) is 2. The van der Waals surface area contributed by atoms with Crippen molar-refractivity contribution in [2.45, 2.75) is 33.9 Å². The molecule has 0 saturated heterocycles. The largest absolute Gasteiger partial charge is 0.478 e. The second-order valence-electron chi connectivity index (χ2n) is 8.52. The molecule has 0 aliphatic carbocycles. The van der Waals surface area contributed by atoms with Crippen molar-refractivity contribution in [1.82, 2.24) is 9.80 Å². The average Bonchev–Trinajstić information content (AvgIpc) is 2.83. The van der Waals surface area contributed by atoms with Gasteiger partial charge < -0.3 is 9.47 Å². The summed E-state index contributed by atoms with van der Waals surface area (Å²) < 4.78 is 11.9. The Hall–Kier alpha value is -2.82. The van der Waals surface area contributed by atoms with Crippen LogP contribution in [0, 0.1) is 6.92 Å². The minimum atomic E-state index is 0.679. The molecule has 31 heavy (non-hydrogen) atoms. The highest BCUT2D eigenvalue weighted by atomic mass is 16.5. The summed E-state index contributed by atoms with van der Waals surface area (Å²) in [6.07, 6.45) is 0. The first kappa shape index (κ1) is 20.1. The number of benzene rings is 3. The summed E-state index contributed by atoms with van der Waals surface area (Å²) in [6, 6.07) is 20.0. The fraction of sp³-hybridized carbons (Fsp3) is 0.333. The molecule has 2 heterocycles. The van der Waals surface area contributed by atoms with Crippen molar-refractivity contribution < 1.29 is 9.47 Å². The molecule has 0 atom stereocenters. The van der Waals surface area contributed by atoms with E-state index in [4.69, 9.17) is 9.47 Å². The van der Waals surface area contributed by atoms with Crippen LogP contribution < -0.4 is 9.47 Å². The van der Waals surface area contributed by atoms with Gasteiger partial charge in [-0.15, -0.1) is 0 Å². The molecule has 0 amide bonds. The third-order valence-corrected chi connectivity index (χ3v) is 6.44. The van der Waals surface area contributed by atoms with E-state index in [2.05, 4.69) is 85.2 Å². The quantitative estimate of drug-likeness (QED) is 0.549. The second kappa shape index (κ2) is 8.37. The lowest BCUT2D eigenvalue weighted by molar-refractivity contribution is 0.100. The van der Waals surface area contributed by atoms with Gasteiger partial charge in [0.05, 0.1) is 0 Å². The van der Waals surface area contributed by atoms with Crippen LogP contribution in [-0.2, 0) is 13.1 Å². The number of rotatable bonds is 4. The van der Waals surface area contributed by atoms with E-state index in [0.29, 0.717) is 13.5 Å². The van der Waals surface area contributed by atoms with E-state index in [0.717, 1.165) is 37.7 Å². The van der Waals surface area contributed by atoms with E-state index >= 15 is 0 Å². The summed E-state index contributed by atoms with van der Waals surface area (Å²) in [6.45, 7) is 11.8. The third kappa shape index (κ3) is 3.93. The van der Waals surface area contributed by atoms with Crippen LogP contribution in [0.25, 0.3) is 22.3 Å². The molecule has 0 N–H and O–H groups in total. The maximum absolute atomic E-state index is 6.00. The van der Waals surface area contributed by atoms with E-state index in [1.807, 2.05) is 0 Å². The molecule has 2 aliphatic rings. The Morgan fingerprint density at radius 3 is 1.97 bits per heavy atom. The van der Waals surface area contributed by atoms with Gasteiger partial charge in [0.1, 0.15) is 25.0 Å². The van der Waals surface area contributed by atoms with Gasteiger partial charge in [-0.05, 0) is 72.1 Å². The van der Waals surface area contributed by atoms with Crippen LogP contribution in [0.15, 0.2) is 54.6 Å². The van der Waals surface area contributed by atoms with Gasteiger partial charge in [0.15, 0.2) is 0 Å². The zero-order chi connectivity index (χ0) is 21.4. The first-order valence-corrected chi connectivity index (χ1v) is 11.2. The molecule has 3 aromatic rings. The lowest BCUT2D eigenvalue weighted by Gasteiger charge is -2.29. The minimum absolute atomic E-state index is 0.679. The Kier molecular flexibility index (Phi) is 5.43. The Morgan fingerprint density at radius 1 is 0.677 bits per heavy atom. The van der Waals surface area contributed by atoms with Gasteiger partial charge >= 0.3 is 0 Å². The molecule has 4 heteroatoms. The number of fused-ring (bicyclic) bond motifs is 2. The molecule has 0 spiro atoms. The van der Waals surface area contributed by atoms with Crippen LogP contribution >= 0.6 is 0 Å². The number of ether oxygens (including phenoxy) is 2. The molecule has 160 valence electrons. The third-order valence-electron chi connectivity index (χ3n) is 6.44. The molecular weight excluding hydrogens is 384 g/mol. The highest BCUT2D eigenvalue weighted by Crippen LogP contribution is 2.35. The molecular formula is C27H30N2O2. The van der Waals surface area contributed by atoms with E-state index in [9.17, 15) is 0 Å². The zero-order valence-corrected chi connectivity index (χ0v) is 18.6. The predicted molar refractivity (Wildman–Crippen MR) is 125 cm³/mol. The van der Waals surface area contributed by atoms with Crippen LogP contribution in [0.1, 0.15) is 30.5 Å². The lowest BCUT2D eigenvalue weighted by atomic mass is 9.95. The van der Waals surface area contributed by atoms with E-state index in [1.165, 1.54) is 38.9 Å². The average molecular weight is 415 g/mol. The van der Waals surface area contributed by atoms with Gasteiger partial charge in [-0.2, -0.15) is 0 Å². The van der Waals surface area contributed by atoms with Gasteiger partial charge in [-0.25, -0.2) is 0 Å². The van der Waals surface area contributed by atoms with Crippen molar-refractivity contribution in [2.24, 2.45) is 0 Å². The summed E-state index contributed by atoms with van der Waals surface area (Å²) in [5.74, 6) is 2.07. The summed E-state index contributed by atoms with van der Waals surface area (Å²) in [4.78, 5) is 4.62. The summed E-state index contributed by atoms with van der Waals surface area (Å²) in [7, 11) is 0. The molecule has 3 aromatic carbocycles. The summed E-state index contributed by atoms with van der Waals surface area (Å²) in [5, 5.41) is 0. The van der Waals surface area contributed by atoms with Crippen molar-refractivity contribution in [3.8, 4) is 33.8 Å². The van der Waals surface area contributed by atoms with Gasteiger partial charge in [-0.3, -0.25) is 9.80 Å². The lowest BCUT2D eigenvalue weighted by Crippen LogP contribution is -2.32. The fourth-order valence-electron chi connectivity index (χ4n) is 4.51. The van der Waals surface area contributed by atoms with Crippen LogP contribution in [-0.4, -0.2) is 36.4 Å². The van der Waals surface area contributed by atoms with Crippen LogP contribution in [0.2, 0.25) is 0 Å². The molecule has 5 rings (SSSR count).